The van der Waals surface area contributed by atoms with Gasteiger partial charge in [-0.2, -0.15) is 0 Å². The highest BCUT2D eigenvalue weighted by atomic mass is 16.2. The third-order valence-electron chi connectivity index (χ3n) is 1.25. The van der Waals surface area contributed by atoms with E-state index < -0.39 is 6.03 Å². The van der Waals surface area contributed by atoms with Gasteiger partial charge in [0.15, 0.2) is 5.78 Å². The number of ketones is 1. The monoisotopic (exact) mass is 165 g/mol. The van der Waals surface area contributed by atoms with Crippen LogP contribution in [0.1, 0.15) is 0 Å². The van der Waals surface area contributed by atoms with Gasteiger partial charge in [0.1, 0.15) is 0 Å². The summed E-state index contributed by atoms with van der Waals surface area (Å²) in [5, 5.41) is 9.42. The third-order valence-corrected chi connectivity index (χ3v) is 1.25. The molecule has 0 bridgehead atoms. The average Bonchev–Trinajstić information content (AvgIpc) is 1.96. The Morgan fingerprint density at radius 1 is 1.50 bits per heavy atom. The molecule has 2 amide bonds. The van der Waals surface area contributed by atoms with Crippen LogP contribution < -0.4 is 11.1 Å². The summed E-state index contributed by atoms with van der Waals surface area (Å²) in [7, 11) is 0. The number of amides is 2. The van der Waals surface area contributed by atoms with Gasteiger partial charge in [0.05, 0.1) is 11.4 Å². The first kappa shape index (κ1) is 8.19. The lowest BCUT2D eigenvalue weighted by Gasteiger charge is -2.07. The van der Waals surface area contributed by atoms with E-state index in [0.29, 0.717) is 0 Å². The maximum Gasteiger partial charge on any atom is 0.316 e. The standard InChI is InChI=1S/C7H7N3O2/c8-5-2-1-4(11)3-6(5)10-7(9)12/h1-3,8H,(H3,9,10,12). The van der Waals surface area contributed by atoms with Gasteiger partial charge in [-0.1, -0.05) is 0 Å². The van der Waals surface area contributed by atoms with Crippen molar-refractivity contribution in [1.82, 2.24) is 5.32 Å². The summed E-state index contributed by atoms with van der Waals surface area (Å²) in [5.41, 5.74) is 5.01. The van der Waals surface area contributed by atoms with Gasteiger partial charge in [0, 0.05) is 6.08 Å². The molecule has 0 atom stereocenters. The minimum absolute atomic E-state index is 0.0633. The van der Waals surface area contributed by atoms with Crippen LogP contribution in [-0.4, -0.2) is 17.5 Å². The Hall–Kier alpha value is -1.91. The average molecular weight is 165 g/mol. The van der Waals surface area contributed by atoms with Crippen molar-refractivity contribution in [2.24, 2.45) is 5.73 Å². The van der Waals surface area contributed by atoms with Gasteiger partial charge in [-0.25, -0.2) is 4.79 Å². The number of rotatable bonds is 1. The number of urea groups is 1. The van der Waals surface area contributed by atoms with Crippen molar-refractivity contribution >= 4 is 17.5 Å². The van der Waals surface area contributed by atoms with Gasteiger partial charge in [-0.05, 0) is 12.2 Å². The Kier molecular flexibility index (Phi) is 2.05. The summed E-state index contributed by atoms with van der Waals surface area (Å²) in [6.45, 7) is 0. The molecule has 0 saturated heterocycles. The molecule has 1 aliphatic rings. The summed E-state index contributed by atoms with van der Waals surface area (Å²) >= 11 is 0. The van der Waals surface area contributed by atoms with E-state index in [1.54, 1.807) is 0 Å². The van der Waals surface area contributed by atoms with Crippen molar-refractivity contribution < 1.29 is 9.59 Å². The number of carbonyl (C=O) groups is 2. The fraction of sp³-hybridized carbons (Fsp3) is 0. The normalized spacial score (nSPS) is 15.8. The van der Waals surface area contributed by atoms with Gasteiger partial charge < -0.3 is 11.1 Å². The van der Waals surface area contributed by atoms with Gasteiger partial charge in [0.2, 0.25) is 0 Å². The van der Waals surface area contributed by atoms with Crippen molar-refractivity contribution in [3.05, 3.63) is 23.9 Å². The lowest BCUT2D eigenvalue weighted by atomic mass is 10.1. The Balaban J connectivity index is 2.81. The molecule has 5 heteroatoms. The molecule has 0 unspecified atom stereocenters. The predicted molar refractivity (Wildman–Crippen MR) is 42.7 cm³/mol. The molecular weight excluding hydrogens is 158 g/mol. The SMILES string of the molecule is N=C1C=CC(=O)C=C1NC(N)=O. The highest BCUT2D eigenvalue weighted by molar-refractivity contribution is 6.19. The first-order valence-electron chi connectivity index (χ1n) is 3.18. The number of nitrogens with one attached hydrogen (secondary N) is 2. The predicted octanol–water partition coefficient (Wildman–Crippen LogP) is -0.303. The highest BCUT2D eigenvalue weighted by Crippen LogP contribution is 2.01. The van der Waals surface area contributed by atoms with Crippen LogP contribution in [0.25, 0.3) is 0 Å². The molecule has 0 aromatic heterocycles. The van der Waals surface area contributed by atoms with Gasteiger partial charge in [0.25, 0.3) is 0 Å². The van der Waals surface area contributed by atoms with E-state index in [4.69, 9.17) is 11.1 Å². The van der Waals surface area contributed by atoms with Crippen LogP contribution in [0.15, 0.2) is 23.9 Å². The lowest BCUT2D eigenvalue weighted by Crippen LogP contribution is -2.32. The van der Waals surface area contributed by atoms with E-state index in [9.17, 15) is 9.59 Å². The van der Waals surface area contributed by atoms with Crippen LogP contribution in [0.3, 0.4) is 0 Å². The molecule has 12 heavy (non-hydrogen) atoms. The summed E-state index contributed by atoms with van der Waals surface area (Å²) in [6.07, 6.45) is 3.69. The van der Waals surface area contributed by atoms with Crippen molar-refractivity contribution in [3.63, 3.8) is 0 Å². The van der Waals surface area contributed by atoms with E-state index in [1.807, 2.05) is 0 Å². The number of hydrogen-bond donors (Lipinski definition) is 3. The summed E-state index contributed by atoms with van der Waals surface area (Å²) < 4.78 is 0. The largest absolute Gasteiger partial charge is 0.351 e. The second kappa shape index (κ2) is 3.00. The van der Waals surface area contributed by atoms with Gasteiger partial charge in [-0.3, -0.25) is 10.2 Å². The fourth-order valence-electron chi connectivity index (χ4n) is 0.760. The maximum atomic E-state index is 10.7. The Morgan fingerprint density at radius 2 is 2.17 bits per heavy atom. The van der Waals surface area contributed by atoms with Crippen LogP contribution in [0, 0.1) is 5.41 Å². The molecule has 0 aromatic rings. The Bertz CT molecular complexity index is 315. The third kappa shape index (κ3) is 1.79. The molecule has 1 aliphatic carbocycles. The van der Waals surface area contributed by atoms with E-state index in [1.165, 1.54) is 12.2 Å². The number of nitrogens with two attached hydrogens (primary N) is 1. The van der Waals surface area contributed by atoms with Crippen molar-refractivity contribution in [3.8, 4) is 0 Å². The quantitative estimate of drug-likeness (QED) is 0.465. The minimum atomic E-state index is -0.783. The van der Waals surface area contributed by atoms with E-state index in [-0.39, 0.29) is 17.2 Å². The zero-order chi connectivity index (χ0) is 9.14. The molecular formula is C7H7N3O2. The van der Waals surface area contributed by atoms with Crippen LogP contribution >= 0.6 is 0 Å². The molecule has 0 fully saturated rings. The first-order chi connectivity index (χ1) is 5.59. The molecule has 5 nitrogen and oxygen atoms in total. The summed E-state index contributed by atoms with van der Waals surface area (Å²) in [6, 6.07) is -0.783. The molecule has 0 aromatic carbocycles. The van der Waals surface area contributed by atoms with Crippen LogP contribution in [-0.2, 0) is 4.79 Å². The van der Waals surface area contributed by atoms with Crippen LogP contribution in [0.5, 0.6) is 0 Å². The molecule has 62 valence electrons. The topological polar surface area (TPSA) is 96.0 Å². The smallest absolute Gasteiger partial charge is 0.316 e. The second-order valence-electron chi connectivity index (χ2n) is 2.20. The van der Waals surface area contributed by atoms with Crippen molar-refractivity contribution in [2.75, 3.05) is 0 Å². The highest BCUT2D eigenvalue weighted by Gasteiger charge is 2.10. The van der Waals surface area contributed by atoms with Crippen molar-refractivity contribution in [1.29, 1.82) is 5.41 Å². The Labute approximate surface area is 68.4 Å². The maximum absolute atomic E-state index is 10.7. The first-order valence-corrected chi connectivity index (χ1v) is 3.18. The summed E-state index contributed by atoms with van der Waals surface area (Å²) in [5.74, 6) is -0.269. The number of hydrogen-bond acceptors (Lipinski definition) is 3. The zero-order valence-corrected chi connectivity index (χ0v) is 6.13. The number of allylic oxidation sites excluding steroid dienone is 3. The molecule has 0 aliphatic heterocycles. The van der Waals surface area contributed by atoms with Gasteiger partial charge >= 0.3 is 6.03 Å². The Morgan fingerprint density at radius 3 is 2.75 bits per heavy atom. The van der Waals surface area contributed by atoms with E-state index in [0.717, 1.165) is 6.08 Å². The number of primary amides is 1. The van der Waals surface area contributed by atoms with E-state index in [2.05, 4.69) is 5.32 Å². The minimum Gasteiger partial charge on any atom is -0.351 e. The molecule has 0 heterocycles. The van der Waals surface area contributed by atoms with Gasteiger partial charge in [-0.15, -0.1) is 0 Å². The fourth-order valence-corrected chi connectivity index (χ4v) is 0.760. The van der Waals surface area contributed by atoms with E-state index >= 15 is 0 Å². The van der Waals surface area contributed by atoms with Crippen molar-refractivity contribution in [2.45, 2.75) is 0 Å². The second-order valence-corrected chi connectivity index (χ2v) is 2.20. The lowest BCUT2D eigenvalue weighted by molar-refractivity contribution is -0.110. The molecule has 4 N–H and O–H groups in total. The molecule has 0 radical (unpaired) electrons. The molecule has 0 saturated carbocycles. The summed E-state index contributed by atoms with van der Waals surface area (Å²) in [4.78, 5) is 21.1. The van der Waals surface area contributed by atoms with Crippen LogP contribution in [0.2, 0.25) is 0 Å². The zero-order valence-electron chi connectivity index (χ0n) is 6.13. The van der Waals surface area contributed by atoms with Crippen LogP contribution in [0.4, 0.5) is 4.79 Å². The molecule has 1 rings (SSSR count). The molecule has 0 spiro atoms. The number of carbonyl (C=O) groups excluding carboxylic acids is 2.